The highest BCUT2D eigenvalue weighted by molar-refractivity contribution is 7.58. The molecule has 0 fully saturated rings. The quantitative estimate of drug-likeness (QED) is 0.536. The number of hydrogen-bond acceptors (Lipinski definition) is 1. The van der Waals surface area contributed by atoms with Crippen molar-refractivity contribution < 1.29 is 0 Å². The second-order valence-corrected chi connectivity index (χ2v) is 4.99. The van der Waals surface area contributed by atoms with E-state index in [-0.39, 0.29) is 0 Å². The first-order valence-corrected chi connectivity index (χ1v) is 7.20. The van der Waals surface area contributed by atoms with E-state index < -0.39 is 0 Å². The number of unbranched alkanes of at least 4 members (excludes halogenated alkanes) is 2. The van der Waals surface area contributed by atoms with E-state index in [4.69, 9.17) is 12.6 Å². The van der Waals surface area contributed by atoms with Gasteiger partial charge in [-0.15, -0.1) is 0 Å². The van der Waals surface area contributed by atoms with E-state index in [2.05, 4.69) is 54.6 Å². The molecule has 0 bridgehead atoms. The fourth-order valence-electron chi connectivity index (χ4n) is 2.10. The van der Waals surface area contributed by atoms with Crippen molar-refractivity contribution >= 4 is 12.6 Å². The molecule has 18 heavy (non-hydrogen) atoms. The number of aryl methyl sites for hydroxylation is 1. The molecule has 0 N–H and O–H groups in total. The fraction of sp³-hybridized carbons (Fsp3) is 0.294. The van der Waals surface area contributed by atoms with E-state index in [9.17, 15) is 0 Å². The van der Waals surface area contributed by atoms with Crippen molar-refractivity contribution in [3.63, 3.8) is 0 Å². The molecule has 0 aliphatic heterocycles. The molecule has 0 aliphatic rings. The van der Waals surface area contributed by atoms with Gasteiger partial charge in [0.05, 0.1) is 0 Å². The lowest BCUT2D eigenvalue weighted by Gasteiger charge is -2.06. The topological polar surface area (TPSA) is 0 Å². The summed E-state index contributed by atoms with van der Waals surface area (Å²) in [4.78, 5) is 0. The summed E-state index contributed by atoms with van der Waals surface area (Å²) in [5.41, 5.74) is 4.01. The molecule has 0 aromatic heterocycles. The Kier molecular flexibility index (Phi) is 5.35. The molecule has 0 aliphatic carbocycles. The molecule has 94 valence electrons. The van der Waals surface area contributed by atoms with Gasteiger partial charge < -0.3 is 12.6 Å². The van der Waals surface area contributed by atoms with Crippen molar-refractivity contribution in [1.29, 1.82) is 0 Å². The second-order valence-electron chi connectivity index (χ2n) is 4.58. The Morgan fingerprint density at radius 1 is 0.667 bits per heavy atom. The Morgan fingerprint density at radius 2 is 1.33 bits per heavy atom. The number of hydrogen-bond donors (Lipinski definition) is 0. The minimum Gasteiger partial charge on any atom is -0.793 e. The molecule has 0 atom stereocenters. The minimum atomic E-state index is 0.896. The summed E-state index contributed by atoms with van der Waals surface area (Å²) in [5.74, 6) is 0.896. The first-order chi connectivity index (χ1) is 8.90. The van der Waals surface area contributed by atoms with Crippen LogP contribution >= 0.6 is 0 Å². The molecule has 0 heterocycles. The highest BCUT2D eigenvalue weighted by Gasteiger charge is 1.97. The van der Waals surface area contributed by atoms with Crippen LogP contribution in [-0.4, -0.2) is 5.75 Å². The maximum Gasteiger partial charge on any atom is -0.0184 e. The van der Waals surface area contributed by atoms with Crippen LogP contribution in [0.5, 0.6) is 0 Å². The van der Waals surface area contributed by atoms with E-state index in [1.165, 1.54) is 42.4 Å². The van der Waals surface area contributed by atoms with Gasteiger partial charge in [-0.2, -0.15) is 5.75 Å². The van der Waals surface area contributed by atoms with Crippen molar-refractivity contribution in [2.45, 2.75) is 25.7 Å². The van der Waals surface area contributed by atoms with Crippen LogP contribution in [0.2, 0.25) is 0 Å². The van der Waals surface area contributed by atoms with E-state index in [0.717, 1.165) is 5.75 Å². The van der Waals surface area contributed by atoms with Crippen LogP contribution in [0, 0.1) is 0 Å². The van der Waals surface area contributed by atoms with Crippen molar-refractivity contribution in [2.75, 3.05) is 5.75 Å². The lowest BCUT2D eigenvalue weighted by atomic mass is 10.0. The van der Waals surface area contributed by atoms with Crippen LogP contribution in [0.1, 0.15) is 24.8 Å². The van der Waals surface area contributed by atoms with Crippen LogP contribution in [-0.2, 0) is 19.0 Å². The predicted octanol–water partition coefficient (Wildman–Crippen LogP) is 4.61. The lowest BCUT2D eigenvalue weighted by molar-refractivity contribution is 0.723. The Bertz CT molecular complexity index is 445. The Morgan fingerprint density at radius 3 is 2.00 bits per heavy atom. The van der Waals surface area contributed by atoms with Crippen molar-refractivity contribution in [2.24, 2.45) is 0 Å². The van der Waals surface area contributed by atoms with E-state index >= 15 is 0 Å². The zero-order chi connectivity index (χ0) is 12.6. The lowest BCUT2D eigenvalue weighted by Crippen LogP contribution is -1.87. The Hall–Kier alpha value is -1.21. The van der Waals surface area contributed by atoms with Gasteiger partial charge in [-0.1, -0.05) is 67.4 Å². The standard InChI is InChI=1S/C17H20S/c18-14-6-2-3-7-15-10-12-17(13-11-15)16-8-4-1-5-9-16/h1,4-5,8-13,18H,2-3,6-7,14H2/p-1. The van der Waals surface area contributed by atoms with Gasteiger partial charge in [-0.05, 0) is 29.5 Å². The van der Waals surface area contributed by atoms with E-state index in [1.807, 2.05) is 0 Å². The average molecular weight is 255 g/mol. The zero-order valence-electron chi connectivity index (χ0n) is 10.6. The minimum absolute atomic E-state index is 0.896. The Labute approximate surface area is 115 Å². The third kappa shape index (κ3) is 3.92. The van der Waals surface area contributed by atoms with E-state index in [0.29, 0.717) is 0 Å². The van der Waals surface area contributed by atoms with Crippen LogP contribution in [0.15, 0.2) is 54.6 Å². The monoisotopic (exact) mass is 255 g/mol. The highest BCUT2D eigenvalue weighted by atomic mass is 32.1. The van der Waals surface area contributed by atoms with Crippen LogP contribution in [0.25, 0.3) is 11.1 Å². The van der Waals surface area contributed by atoms with Gasteiger partial charge >= 0.3 is 0 Å². The molecule has 0 unspecified atom stereocenters. The molecule has 0 saturated heterocycles. The average Bonchev–Trinajstić information content (AvgIpc) is 2.45. The second kappa shape index (κ2) is 7.27. The molecular weight excluding hydrogens is 236 g/mol. The van der Waals surface area contributed by atoms with Gasteiger partial charge in [0.1, 0.15) is 0 Å². The fourth-order valence-corrected chi connectivity index (χ4v) is 2.31. The molecule has 2 rings (SSSR count). The number of benzene rings is 2. The van der Waals surface area contributed by atoms with E-state index in [1.54, 1.807) is 0 Å². The van der Waals surface area contributed by atoms with Gasteiger partial charge in [0.2, 0.25) is 0 Å². The summed E-state index contributed by atoms with van der Waals surface area (Å²) in [7, 11) is 0. The maximum absolute atomic E-state index is 4.95. The highest BCUT2D eigenvalue weighted by Crippen LogP contribution is 2.19. The predicted molar refractivity (Wildman–Crippen MR) is 81.7 cm³/mol. The maximum atomic E-state index is 4.95. The summed E-state index contributed by atoms with van der Waals surface area (Å²) in [6, 6.07) is 19.5. The molecule has 1 heteroatoms. The molecule has 0 amide bonds. The molecule has 2 aromatic rings. The summed E-state index contributed by atoms with van der Waals surface area (Å²) < 4.78 is 0. The first kappa shape index (κ1) is 13.2. The molecule has 0 nitrogen and oxygen atoms in total. The summed E-state index contributed by atoms with van der Waals surface area (Å²) in [6.07, 6.45) is 4.85. The summed E-state index contributed by atoms with van der Waals surface area (Å²) in [6.45, 7) is 0. The van der Waals surface area contributed by atoms with Gasteiger partial charge in [0.25, 0.3) is 0 Å². The molecular formula is C17H19S-. The van der Waals surface area contributed by atoms with Crippen molar-refractivity contribution in [1.82, 2.24) is 0 Å². The molecule has 0 spiro atoms. The molecule has 0 saturated carbocycles. The van der Waals surface area contributed by atoms with Crippen LogP contribution < -0.4 is 0 Å². The Balaban J connectivity index is 1.94. The SMILES string of the molecule is [S-]CCCCCc1ccc(-c2ccccc2)cc1. The van der Waals surface area contributed by atoms with Gasteiger partial charge in [0.15, 0.2) is 0 Å². The summed E-state index contributed by atoms with van der Waals surface area (Å²) in [5, 5.41) is 0. The smallest absolute Gasteiger partial charge is 0.0184 e. The molecule has 2 aromatic carbocycles. The van der Waals surface area contributed by atoms with Gasteiger partial charge in [0, 0.05) is 0 Å². The zero-order valence-corrected chi connectivity index (χ0v) is 11.5. The first-order valence-electron chi connectivity index (χ1n) is 6.62. The van der Waals surface area contributed by atoms with Gasteiger partial charge in [-0.25, -0.2) is 0 Å². The normalized spacial score (nSPS) is 10.5. The summed E-state index contributed by atoms with van der Waals surface area (Å²) >= 11 is 4.95. The third-order valence-electron chi connectivity index (χ3n) is 3.17. The largest absolute Gasteiger partial charge is 0.793 e. The molecule has 0 radical (unpaired) electrons. The van der Waals surface area contributed by atoms with Gasteiger partial charge in [-0.3, -0.25) is 0 Å². The number of rotatable bonds is 6. The third-order valence-corrected chi connectivity index (χ3v) is 3.46. The van der Waals surface area contributed by atoms with Crippen molar-refractivity contribution in [3.05, 3.63) is 60.2 Å². The van der Waals surface area contributed by atoms with Crippen LogP contribution in [0.4, 0.5) is 0 Å². The van der Waals surface area contributed by atoms with Crippen LogP contribution in [0.3, 0.4) is 0 Å². The van der Waals surface area contributed by atoms with Crippen molar-refractivity contribution in [3.8, 4) is 11.1 Å².